The first kappa shape index (κ1) is 24.7. The van der Waals surface area contributed by atoms with Crippen molar-refractivity contribution in [3.8, 4) is 5.75 Å². The molecule has 1 fully saturated rings. The van der Waals surface area contributed by atoms with E-state index in [0.29, 0.717) is 40.3 Å². The third-order valence-corrected chi connectivity index (χ3v) is 6.51. The van der Waals surface area contributed by atoms with Crippen molar-refractivity contribution in [2.24, 2.45) is 0 Å². The first-order valence-electron chi connectivity index (χ1n) is 11.9. The number of likely N-dealkylation sites (tertiary alicyclic amines) is 1. The lowest BCUT2D eigenvalue weighted by atomic mass is 10.1. The van der Waals surface area contributed by atoms with Crippen LogP contribution in [0.25, 0.3) is 10.9 Å². The number of rotatable bonds is 9. The number of ketones is 1. The van der Waals surface area contributed by atoms with Crippen LogP contribution in [0.4, 0.5) is 0 Å². The van der Waals surface area contributed by atoms with Crippen molar-refractivity contribution in [2.75, 3.05) is 19.7 Å². The second kappa shape index (κ2) is 10.9. The Morgan fingerprint density at radius 3 is 2.49 bits per heavy atom. The maximum atomic E-state index is 13.3. The number of para-hydroxylation sites is 1. The fraction of sp³-hybridized carbons (Fsp3) is 0.385. The number of benzene rings is 2. The third kappa shape index (κ3) is 5.32. The Labute approximate surface area is 207 Å². The van der Waals surface area contributed by atoms with E-state index in [1.54, 1.807) is 36.4 Å². The van der Waals surface area contributed by atoms with Gasteiger partial charge in [-0.1, -0.05) is 23.7 Å². The summed E-state index contributed by atoms with van der Waals surface area (Å²) in [5, 5.41) is 0.651. The zero-order valence-corrected chi connectivity index (χ0v) is 20.4. The van der Waals surface area contributed by atoms with Crippen molar-refractivity contribution in [2.45, 2.75) is 45.7 Å². The zero-order valence-electron chi connectivity index (χ0n) is 19.7. The molecule has 184 valence electrons. The van der Waals surface area contributed by atoms with Crippen LogP contribution in [-0.2, 0) is 17.9 Å². The van der Waals surface area contributed by atoms with Gasteiger partial charge in [-0.3, -0.25) is 23.5 Å². The van der Waals surface area contributed by atoms with Gasteiger partial charge in [0.15, 0.2) is 5.78 Å². The van der Waals surface area contributed by atoms with E-state index in [-0.39, 0.29) is 31.2 Å². The summed E-state index contributed by atoms with van der Waals surface area (Å²) >= 11 is 6.24. The maximum Gasteiger partial charge on any atom is 0.331 e. The van der Waals surface area contributed by atoms with Gasteiger partial charge in [0.2, 0.25) is 5.91 Å². The molecule has 1 amide bonds. The van der Waals surface area contributed by atoms with Crippen molar-refractivity contribution in [1.82, 2.24) is 14.0 Å². The molecule has 3 aromatic rings. The molecule has 1 aliphatic heterocycles. The number of hydrogen-bond donors (Lipinski definition) is 0. The van der Waals surface area contributed by atoms with Gasteiger partial charge in [-0.15, -0.1) is 0 Å². The predicted octanol–water partition coefficient (Wildman–Crippen LogP) is 3.50. The number of aromatic nitrogens is 2. The molecule has 35 heavy (non-hydrogen) atoms. The van der Waals surface area contributed by atoms with Gasteiger partial charge in [0, 0.05) is 31.6 Å². The molecule has 0 unspecified atom stereocenters. The van der Waals surface area contributed by atoms with Gasteiger partial charge in [-0.05, 0) is 56.5 Å². The Morgan fingerprint density at radius 1 is 1.03 bits per heavy atom. The van der Waals surface area contributed by atoms with E-state index in [1.807, 2.05) is 11.8 Å². The average Bonchev–Trinajstić information content (AvgIpc) is 3.40. The van der Waals surface area contributed by atoms with Crippen LogP contribution < -0.4 is 16.0 Å². The molecule has 1 aromatic heterocycles. The molecule has 9 heteroatoms. The Kier molecular flexibility index (Phi) is 7.70. The normalized spacial score (nSPS) is 13.4. The molecule has 1 saturated heterocycles. The number of Topliss-reactive ketones (excluding diaryl/α,β-unsaturated/α-hetero) is 1. The number of amides is 1. The summed E-state index contributed by atoms with van der Waals surface area (Å²) in [6.45, 7) is 3.66. The standard InChI is InChI=1S/C26H28ClN3O5/c1-2-35-23-12-11-18(16-20(23)27)22(31)17-30-21-9-4-3-8-19(21)25(33)29(26(30)34)15-7-10-24(32)28-13-5-6-14-28/h3-4,8-9,11-12,16H,2,5-7,10,13-15,17H2,1H3. The van der Waals surface area contributed by atoms with Crippen molar-refractivity contribution in [3.05, 3.63) is 73.9 Å². The van der Waals surface area contributed by atoms with Gasteiger partial charge in [-0.2, -0.15) is 0 Å². The van der Waals surface area contributed by atoms with Crippen LogP contribution in [0.1, 0.15) is 43.0 Å². The molecular weight excluding hydrogens is 470 g/mol. The molecule has 0 aliphatic carbocycles. The minimum atomic E-state index is -0.576. The van der Waals surface area contributed by atoms with Crippen molar-refractivity contribution >= 4 is 34.2 Å². The number of hydrogen-bond acceptors (Lipinski definition) is 5. The summed E-state index contributed by atoms with van der Waals surface area (Å²) in [5.74, 6) is 0.196. The highest BCUT2D eigenvalue weighted by Crippen LogP contribution is 2.26. The summed E-state index contributed by atoms with van der Waals surface area (Å²) < 4.78 is 7.85. The molecule has 0 spiro atoms. The Bertz CT molecular complexity index is 1370. The zero-order chi connectivity index (χ0) is 24.9. The van der Waals surface area contributed by atoms with Crippen LogP contribution in [0.15, 0.2) is 52.1 Å². The van der Waals surface area contributed by atoms with E-state index in [1.165, 1.54) is 10.6 Å². The van der Waals surface area contributed by atoms with Crippen LogP contribution in [0.5, 0.6) is 5.75 Å². The smallest absolute Gasteiger partial charge is 0.331 e. The first-order chi connectivity index (χ1) is 16.9. The van der Waals surface area contributed by atoms with Crippen molar-refractivity contribution in [3.63, 3.8) is 0 Å². The summed E-state index contributed by atoms with van der Waals surface area (Å²) in [7, 11) is 0. The number of carbonyl (C=O) groups is 2. The highest BCUT2D eigenvalue weighted by molar-refractivity contribution is 6.32. The lowest BCUT2D eigenvalue weighted by Crippen LogP contribution is -2.41. The number of halogens is 1. The molecule has 4 rings (SSSR count). The lowest BCUT2D eigenvalue weighted by molar-refractivity contribution is -0.130. The largest absolute Gasteiger partial charge is 0.492 e. The van der Waals surface area contributed by atoms with Crippen LogP contribution in [0, 0.1) is 0 Å². The quantitative estimate of drug-likeness (QED) is 0.422. The Balaban J connectivity index is 1.61. The fourth-order valence-electron chi connectivity index (χ4n) is 4.42. The second-order valence-corrected chi connectivity index (χ2v) is 8.94. The molecule has 1 aliphatic rings. The molecule has 0 N–H and O–H groups in total. The minimum Gasteiger partial charge on any atom is -0.492 e. The SMILES string of the molecule is CCOc1ccc(C(=O)Cn2c(=O)n(CCCC(=O)N3CCCC3)c(=O)c3ccccc32)cc1Cl. The molecule has 0 radical (unpaired) electrons. The highest BCUT2D eigenvalue weighted by Gasteiger charge is 2.19. The minimum absolute atomic E-state index is 0.0409. The molecular formula is C26H28ClN3O5. The molecule has 0 bridgehead atoms. The number of fused-ring (bicyclic) bond motifs is 1. The highest BCUT2D eigenvalue weighted by atomic mass is 35.5. The Hall–Kier alpha value is -3.39. The van der Waals surface area contributed by atoms with E-state index in [4.69, 9.17) is 16.3 Å². The van der Waals surface area contributed by atoms with Gasteiger partial charge >= 0.3 is 5.69 Å². The fourth-order valence-corrected chi connectivity index (χ4v) is 4.65. The van der Waals surface area contributed by atoms with Crippen LogP contribution in [0.3, 0.4) is 0 Å². The van der Waals surface area contributed by atoms with Crippen molar-refractivity contribution in [1.29, 1.82) is 0 Å². The molecule has 2 aromatic carbocycles. The molecule has 0 atom stereocenters. The van der Waals surface area contributed by atoms with Gasteiger partial charge in [-0.25, -0.2) is 4.79 Å². The predicted molar refractivity (Wildman–Crippen MR) is 134 cm³/mol. The first-order valence-corrected chi connectivity index (χ1v) is 12.2. The molecule has 0 saturated carbocycles. The van der Waals surface area contributed by atoms with Crippen LogP contribution in [-0.4, -0.2) is 45.4 Å². The summed E-state index contributed by atoms with van der Waals surface area (Å²) in [5.41, 5.74) is -0.277. The van der Waals surface area contributed by atoms with E-state index >= 15 is 0 Å². The summed E-state index contributed by atoms with van der Waals surface area (Å²) in [4.78, 5) is 53.7. The number of carbonyl (C=O) groups excluding carboxylic acids is 2. The van der Waals surface area contributed by atoms with E-state index in [2.05, 4.69) is 0 Å². The topological polar surface area (TPSA) is 90.6 Å². The molecule has 2 heterocycles. The van der Waals surface area contributed by atoms with Crippen LogP contribution >= 0.6 is 11.6 Å². The van der Waals surface area contributed by atoms with Gasteiger partial charge < -0.3 is 9.64 Å². The van der Waals surface area contributed by atoms with Gasteiger partial charge in [0.1, 0.15) is 5.75 Å². The molecule has 8 nitrogen and oxygen atoms in total. The van der Waals surface area contributed by atoms with Crippen LogP contribution in [0.2, 0.25) is 5.02 Å². The van der Waals surface area contributed by atoms with E-state index < -0.39 is 11.2 Å². The third-order valence-electron chi connectivity index (χ3n) is 6.22. The monoisotopic (exact) mass is 497 g/mol. The second-order valence-electron chi connectivity index (χ2n) is 8.54. The van der Waals surface area contributed by atoms with Gasteiger partial charge in [0.25, 0.3) is 5.56 Å². The number of ether oxygens (including phenoxy) is 1. The summed E-state index contributed by atoms with van der Waals surface area (Å²) in [6.07, 6.45) is 2.65. The lowest BCUT2D eigenvalue weighted by Gasteiger charge is -2.16. The van der Waals surface area contributed by atoms with E-state index in [0.717, 1.165) is 30.5 Å². The number of nitrogens with zero attached hydrogens (tertiary/aromatic N) is 3. The summed E-state index contributed by atoms with van der Waals surface area (Å²) in [6, 6.07) is 11.5. The van der Waals surface area contributed by atoms with Crippen molar-refractivity contribution < 1.29 is 14.3 Å². The van der Waals surface area contributed by atoms with E-state index in [9.17, 15) is 19.2 Å². The maximum absolute atomic E-state index is 13.3. The average molecular weight is 498 g/mol. The Morgan fingerprint density at radius 2 is 1.77 bits per heavy atom. The van der Waals surface area contributed by atoms with Gasteiger partial charge in [0.05, 0.1) is 29.1 Å².